The van der Waals surface area contributed by atoms with Gasteiger partial charge in [0.15, 0.2) is 0 Å². The number of nitrogens with one attached hydrogen (secondary N) is 2. The second-order valence-electron chi connectivity index (χ2n) is 4.63. The van der Waals surface area contributed by atoms with E-state index < -0.39 is 0 Å². The Kier molecular flexibility index (Phi) is 5.63. The van der Waals surface area contributed by atoms with Crippen LogP contribution in [0.1, 0.15) is 19.3 Å². The highest BCUT2D eigenvalue weighted by atomic mass is 35.5. The van der Waals surface area contributed by atoms with Gasteiger partial charge in [-0.3, -0.25) is 4.79 Å². The maximum Gasteiger partial charge on any atom is 0.226 e. The van der Waals surface area contributed by atoms with E-state index in [4.69, 9.17) is 16.3 Å². The monoisotopic (exact) mass is 282 g/mol. The van der Waals surface area contributed by atoms with Gasteiger partial charge in [-0.1, -0.05) is 17.7 Å². The Morgan fingerprint density at radius 3 is 2.95 bits per heavy atom. The van der Waals surface area contributed by atoms with E-state index in [1.165, 1.54) is 0 Å². The summed E-state index contributed by atoms with van der Waals surface area (Å²) in [4.78, 5) is 11.7. The van der Waals surface area contributed by atoms with Crippen molar-refractivity contribution in [1.82, 2.24) is 5.32 Å². The molecule has 0 aliphatic carbocycles. The molecule has 0 radical (unpaired) electrons. The zero-order valence-electron chi connectivity index (χ0n) is 10.8. The third-order valence-corrected chi connectivity index (χ3v) is 3.31. The van der Waals surface area contributed by atoms with Crippen LogP contribution in [-0.2, 0) is 9.53 Å². The number of anilines is 1. The zero-order valence-corrected chi connectivity index (χ0v) is 11.6. The van der Waals surface area contributed by atoms with Gasteiger partial charge in [-0.2, -0.15) is 0 Å². The second kappa shape index (κ2) is 7.48. The fourth-order valence-electron chi connectivity index (χ4n) is 2.07. The summed E-state index contributed by atoms with van der Waals surface area (Å²) in [5.41, 5.74) is 0.722. The number of benzene rings is 1. The van der Waals surface area contributed by atoms with Gasteiger partial charge in [-0.25, -0.2) is 0 Å². The normalized spacial score (nSPS) is 16.3. The van der Waals surface area contributed by atoms with Crippen LogP contribution in [0, 0.1) is 0 Å². The van der Waals surface area contributed by atoms with E-state index in [0.29, 0.717) is 24.2 Å². The minimum atomic E-state index is -0.0452. The first-order chi connectivity index (χ1) is 9.24. The molecule has 0 unspecified atom stereocenters. The number of rotatable bonds is 5. The Morgan fingerprint density at radius 1 is 1.42 bits per heavy atom. The molecule has 0 atom stereocenters. The zero-order chi connectivity index (χ0) is 13.5. The number of carbonyl (C=O) groups is 1. The summed E-state index contributed by atoms with van der Waals surface area (Å²) in [6.07, 6.45) is 2.71. The number of ether oxygens (including phenoxy) is 1. The second-order valence-corrected chi connectivity index (χ2v) is 5.07. The quantitative estimate of drug-likeness (QED) is 0.872. The average molecular weight is 283 g/mol. The number of carbonyl (C=O) groups excluding carboxylic acids is 1. The highest BCUT2D eigenvalue weighted by Gasteiger charge is 2.13. The third kappa shape index (κ3) is 5.19. The van der Waals surface area contributed by atoms with Crippen molar-refractivity contribution in [1.29, 1.82) is 0 Å². The van der Waals surface area contributed by atoms with Gasteiger partial charge in [0.1, 0.15) is 0 Å². The van der Waals surface area contributed by atoms with Crippen molar-refractivity contribution < 1.29 is 9.53 Å². The van der Waals surface area contributed by atoms with Gasteiger partial charge < -0.3 is 15.4 Å². The lowest BCUT2D eigenvalue weighted by Crippen LogP contribution is -2.33. The molecule has 1 amide bonds. The van der Waals surface area contributed by atoms with Crippen LogP contribution in [-0.4, -0.2) is 31.7 Å². The summed E-state index contributed by atoms with van der Waals surface area (Å²) in [6, 6.07) is 7.13. The molecular weight excluding hydrogens is 264 g/mol. The largest absolute Gasteiger partial charge is 0.378 e. The molecule has 2 N–H and O–H groups in total. The minimum Gasteiger partial charge on any atom is -0.378 e. The van der Waals surface area contributed by atoms with Crippen LogP contribution in [0.15, 0.2) is 24.3 Å². The van der Waals surface area contributed by atoms with E-state index in [0.717, 1.165) is 31.6 Å². The summed E-state index contributed by atoms with van der Waals surface area (Å²) < 4.78 is 5.69. The predicted octanol–water partition coefficient (Wildman–Crippen LogP) is 2.44. The van der Waals surface area contributed by atoms with Gasteiger partial charge >= 0.3 is 0 Å². The van der Waals surface area contributed by atoms with Gasteiger partial charge in [-0.05, 0) is 44.1 Å². The maximum atomic E-state index is 11.7. The average Bonchev–Trinajstić information content (AvgIpc) is 2.40. The first-order valence-electron chi connectivity index (χ1n) is 6.62. The lowest BCUT2D eigenvalue weighted by atomic mass is 10.1. The van der Waals surface area contributed by atoms with E-state index >= 15 is 0 Å². The molecule has 1 saturated heterocycles. The Labute approximate surface area is 118 Å². The Hall–Kier alpha value is -1.10. The molecule has 1 aromatic rings. The van der Waals surface area contributed by atoms with Crippen LogP contribution >= 0.6 is 11.6 Å². The van der Waals surface area contributed by atoms with E-state index in [1.807, 2.05) is 12.1 Å². The highest BCUT2D eigenvalue weighted by Crippen LogP contribution is 2.15. The van der Waals surface area contributed by atoms with E-state index in [2.05, 4.69) is 10.6 Å². The molecule has 0 bridgehead atoms. The topological polar surface area (TPSA) is 50.4 Å². The van der Waals surface area contributed by atoms with Crippen molar-refractivity contribution in [3.8, 4) is 0 Å². The van der Waals surface area contributed by atoms with Gasteiger partial charge in [0, 0.05) is 10.7 Å². The van der Waals surface area contributed by atoms with Crippen LogP contribution in [0.3, 0.4) is 0 Å². The molecule has 0 saturated carbocycles. The summed E-state index contributed by atoms with van der Waals surface area (Å²) >= 11 is 5.85. The first kappa shape index (κ1) is 14.3. The lowest BCUT2D eigenvalue weighted by Gasteiger charge is -2.22. The Morgan fingerprint density at radius 2 is 2.21 bits per heavy atom. The predicted molar refractivity (Wildman–Crippen MR) is 76.5 cm³/mol. The Balaban J connectivity index is 1.67. The molecule has 1 aliphatic rings. The molecule has 1 aromatic carbocycles. The molecule has 4 nitrogen and oxygen atoms in total. The SMILES string of the molecule is O=C(CCOC1CCNCC1)Nc1cccc(Cl)c1. The Bertz CT molecular complexity index is 420. The van der Waals surface area contributed by atoms with Crippen LogP contribution in [0.5, 0.6) is 0 Å². The third-order valence-electron chi connectivity index (χ3n) is 3.08. The molecule has 1 aliphatic heterocycles. The van der Waals surface area contributed by atoms with E-state index in [-0.39, 0.29) is 5.91 Å². The summed E-state index contributed by atoms with van der Waals surface area (Å²) in [5, 5.41) is 6.70. The van der Waals surface area contributed by atoms with Crippen LogP contribution in [0.25, 0.3) is 0 Å². The van der Waals surface area contributed by atoms with Gasteiger partial charge in [0.05, 0.1) is 19.1 Å². The summed E-state index contributed by atoms with van der Waals surface area (Å²) in [5.74, 6) is -0.0452. The smallest absolute Gasteiger partial charge is 0.226 e. The molecular formula is C14H19ClN2O2. The molecule has 0 spiro atoms. The van der Waals surface area contributed by atoms with Gasteiger partial charge in [-0.15, -0.1) is 0 Å². The van der Waals surface area contributed by atoms with Crippen molar-refractivity contribution in [3.63, 3.8) is 0 Å². The molecule has 1 fully saturated rings. The van der Waals surface area contributed by atoms with Gasteiger partial charge in [0.2, 0.25) is 5.91 Å². The minimum absolute atomic E-state index is 0.0452. The van der Waals surface area contributed by atoms with Crippen molar-refractivity contribution in [3.05, 3.63) is 29.3 Å². The fourth-order valence-corrected chi connectivity index (χ4v) is 2.26. The number of amides is 1. The molecule has 104 valence electrons. The lowest BCUT2D eigenvalue weighted by molar-refractivity contribution is -0.117. The molecule has 0 aromatic heterocycles. The maximum absolute atomic E-state index is 11.7. The van der Waals surface area contributed by atoms with E-state index in [1.54, 1.807) is 12.1 Å². The highest BCUT2D eigenvalue weighted by molar-refractivity contribution is 6.30. The number of hydrogen-bond donors (Lipinski definition) is 2. The molecule has 2 rings (SSSR count). The fraction of sp³-hybridized carbons (Fsp3) is 0.500. The number of halogens is 1. The first-order valence-corrected chi connectivity index (χ1v) is 6.99. The van der Waals surface area contributed by atoms with Crippen molar-refractivity contribution in [2.24, 2.45) is 0 Å². The van der Waals surface area contributed by atoms with Crippen LogP contribution in [0.2, 0.25) is 5.02 Å². The molecule has 1 heterocycles. The standard InChI is InChI=1S/C14H19ClN2O2/c15-11-2-1-3-12(10-11)17-14(18)6-9-19-13-4-7-16-8-5-13/h1-3,10,13,16H,4-9H2,(H,17,18). The number of piperidine rings is 1. The number of hydrogen-bond acceptors (Lipinski definition) is 3. The van der Waals surface area contributed by atoms with Crippen molar-refractivity contribution in [2.75, 3.05) is 25.0 Å². The van der Waals surface area contributed by atoms with Crippen LogP contribution < -0.4 is 10.6 Å². The molecule has 5 heteroatoms. The van der Waals surface area contributed by atoms with E-state index in [9.17, 15) is 4.79 Å². The van der Waals surface area contributed by atoms with Gasteiger partial charge in [0.25, 0.3) is 0 Å². The van der Waals surface area contributed by atoms with Crippen molar-refractivity contribution >= 4 is 23.2 Å². The van der Waals surface area contributed by atoms with Crippen molar-refractivity contribution in [2.45, 2.75) is 25.4 Å². The summed E-state index contributed by atoms with van der Waals surface area (Å²) in [6.45, 7) is 2.47. The van der Waals surface area contributed by atoms with Crippen LogP contribution in [0.4, 0.5) is 5.69 Å². The summed E-state index contributed by atoms with van der Waals surface area (Å²) in [7, 11) is 0. The molecule has 19 heavy (non-hydrogen) atoms.